The van der Waals surface area contributed by atoms with Gasteiger partial charge in [0.25, 0.3) is 5.91 Å². The monoisotopic (exact) mass is 470 g/mol. The first kappa shape index (κ1) is 17.7. The van der Waals surface area contributed by atoms with E-state index in [2.05, 4.69) is 10.3 Å². The molecule has 0 spiro atoms. The maximum absolute atomic E-state index is 14.2. The Morgan fingerprint density at radius 3 is 2.80 bits per heavy atom. The molecule has 0 radical (unpaired) electrons. The van der Waals surface area contributed by atoms with Crippen molar-refractivity contribution in [3.63, 3.8) is 0 Å². The molecule has 0 aliphatic heterocycles. The average molecular weight is 470 g/mol. The van der Waals surface area contributed by atoms with E-state index in [1.54, 1.807) is 30.5 Å². The van der Waals surface area contributed by atoms with Crippen LogP contribution < -0.4 is 11.2 Å². The Morgan fingerprint density at radius 2 is 2.12 bits per heavy atom. The van der Waals surface area contributed by atoms with Crippen molar-refractivity contribution < 1.29 is 14.0 Å². The summed E-state index contributed by atoms with van der Waals surface area (Å²) in [5.74, 6) is 3.84. The van der Waals surface area contributed by atoms with Crippen molar-refractivity contribution in [1.29, 1.82) is 0 Å². The molecule has 6 nitrogen and oxygen atoms in total. The third-order valence-corrected chi connectivity index (χ3v) is 5.12. The molecule has 2 heterocycles. The summed E-state index contributed by atoms with van der Waals surface area (Å²) in [5, 5.41) is 4.36. The molecule has 2 amide bonds. The fraction of sp³-hybridized carbons (Fsp3) is 0.0625. The number of anilines is 2. The third kappa shape index (κ3) is 3.48. The van der Waals surface area contributed by atoms with Crippen LogP contribution in [0.25, 0.3) is 10.2 Å². The van der Waals surface area contributed by atoms with Gasteiger partial charge in [-0.1, -0.05) is 11.3 Å². The van der Waals surface area contributed by atoms with Crippen LogP contribution in [-0.2, 0) is 4.79 Å². The van der Waals surface area contributed by atoms with Crippen LogP contribution in [-0.4, -0.2) is 21.8 Å². The van der Waals surface area contributed by atoms with Crippen LogP contribution in [0, 0.1) is 9.39 Å². The number of halogens is 2. The van der Waals surface area contributed by atoms with Crippen LogP contribution in [0.3, 0.4) is 0 Å². The maximum atomic E-state index is 14.2. The van der Waals surface area contributed by atoms with Crippen molar-refractivity contribution in [3.05, 3.63) is 51.5 Å². The van der Waals surface area contributed by atoms with Gasteiger partial charge >= 0.3 is 0 Å². The molecule has 0 atom stereocenters. The molecule has 2 aromatic heterocycles. The van der Waals surface area contributed by atoms with E-state index in [1.165, 1.54) is 24.3 Å². The molecule has 3 rings (SSSR count). The van der Waals surface area contributed by atoms with E-state index in [4.69, 9.17) is 5.84 Å². The number of carbonyl (C=O) groups excluding carboxylic acids is 2. The zero-order valence-electron chi connectivity index (χ0n) is 12.9. The first-order valence-electron chi connectivity index (χ1n) is 7.08. The molecule has 3 N–H and O–H groups in total. The molecule has 1 aromatic carbocycles. The normalized spacial score (nSPS) is 10.7. The Kier molecular flexibility index (Phi) is 4.97. The summed E-state index contributed by atoms with van der Waals surface area (Å²) >= 11 is 3.19. The maximum Gasteiger partial charge on any atom is 0.278 e. The predicted molar refractivity (Wildman–Crippen MR) is 103 cm³/mol. The minimum atomic E-state index is -0.680. The van der Waals surface area contributed by atoms with E-state index in [0.717, 1.165) is 3.57 Å². The number of nitrogens with zero attached hydrogens (tertiary/aromatic N) is 2. The van der Waals surface area contributed by atoms with Crippen LogP contribution >= 0.6 is 33.9 Å². The summed E-state index contributed by atoms with van der Waals surface area (Å²) < 4.78 is 14.9. The summed E-state index contributed by atoms with van der Waals surface area (Å²) in [4.78, 5) is 28.9. The lowest BCUT2D eigenvalue weighted by atomic mass is 10.2. The molecule has 0 aliphatic carbocycles. The van der Waals surface area contributed by atoms with E-state index in [9.17, 15) is 14.0 Å². The van der Waals surface area contributed by atoms with Gasteiger partial charge in [-0.25, -0.2) is 20.2 Å². The number of rotatable bonds is 3. The van der Waals surface area contributed by atoms with Crippen LogP contribution in [0.2, 0.25) is 0 Å². The minimum absolute atomic E-state index is 0.184. The van der Waals surface area contributed by atoms with E-state index in [1.807, 2.05) is 22.6 Å². The molecular formula is C16H12FIN4O2S. The molecule has 0 saturated carbocycles. The minimum Gasteiger partial charge on any atom is -0.344 e. The third-order valence-electron chi connectivity index (χ3n) is 3.42. The number of pyridine rings is 1. The fourth-order valence-corrected chi connectivity index (χ4v) is 3.71. The smallest absolute Gasteiger partial charge is 0.278 e. The Balaban J connectivity index is 2.12. The molecule has 0 aliphatic rings. The van der Waals surface area contributed by atoms with E-state index < -0.39 is 17.6 Å². The fourth-order valence-electron chi connectivity index (χ4n) is 2.21. The molecule has 0 bridgehead atoms. The summed E-state index contributed by atoms with van der Waals surface area (Å²) in [5.41, 5.74) is 0.399. The Labute approximate surface area is 159 Å². The van der Waals surface area contributed by atoms with Crippen molar-refractivity contribution >= 4 is 66.6 Å². The number of carbonyl (C=O) groups is 2. The van der Waals surface area contributed by atoms with Gasteiger partial charge < -0.3 is 5.32 Å². The van der Waals surface area contributed by atoms with Crippen molar-refractivity contribution in [2.24, 2.45) is 5.84 Å². The molecule has 9 heteroatoms. The number of hydrogen-bond acceptors (Lipinski definition) is 6. The van der Waals surface area contributed by atoms with Crippen molar-refractivity contribution in [3.8, 4) is 0 Å². The lowest BCUT2D eigenvalue weighted by Gasteiger charge is -2.14. The van der Waals surface area contributed by atoms with Gasteiger partial charge in [-0.15, -0.1) is 0 Å². The van der Waals surface area contributed by atoms with Gasteiger partial charge in [-0.3, -0.25) is 9.59 Å². The van der Waals surface area contributed by atoms with Gasteiger partial charge in [-0.05, 0) is 52.9 Å². The second-order valence-electron chi connectivity index (χ2n) is 5.11. The highest BCUT2D eigenvalue weighted by atomic mass is 127. The molecule has 128 valence electrons. The number of hydrogen-bond donors (Lipinski definition) is 2. The summed E-state index contributed by atoms with van der Waals surface area (Å²) in [6.07, 6.45) is 1.59. The molecule has 0 fully saturated rings. The highest BCUT2D eigenvalue weighted by Gasteiger charge is 2.25. The summed E-state index contributed by atoms with van der Waals surface area (Å²) in [6, 6.07) is 8.07. The molecule has 3 aromatic rings. The quantitative estimate of drug-likeness (QED) is 0.264. The number of fused-ring (bicyclic) bond motifs is 1. The number of amides is 2. The van der Waals surface area contributed by atoms with Gasteiger partial charge in [0, 0.05) is 22.1 Å². The number of imide groups is 1. The van der Waals surface area contributed by atoms with Gasteiger partial charge in [0.05, 0.1) is 11.3 Å². The van der Waals surface area contributed by atoms with Gasteiger partial charge in [-0.2, -0.15) is 0 Å². The first-order valence-corrected chi connectivity index (χ1v) is 8.97. The van der Waals surface area contributed by atoms with E-state index in [0.29, 0.717) is 20.2 Å². The zero-order valence-corrected chi connectivity index (χ0v) is 15.9. The predicted octanol–water partition coefficient (Wildman–Crippen LogP) is 3.65. The molecule has 0 unspecified atom stereocenters. The van der Waals surface area contributed by atoms with Crippen molar-refractivity contribution in [2.45, 2.75) is 6.92 Å². The number of nitrogens with two attached hydrogens (primary N) is 1. The van der Waals surface area contributed by atoms with Gasteiger partial charge in [0.2, 0.25) is 5.91 Å². The van der Waals surface area contributed by atoms with Gasteiger partial charge in [0.1, 0.15) is 15.6 Å². The molecule has 25 heavy (non-hydrogen) atoms. The second-order valence-corrected chi connectivity index (χ2v) is 7.35. The standard InChI is InChI=1S/C16H12FIN4O2S/c1-8(23)22(19)16(24)13-10-3-2-6-20-14(10)25-15(13)21-12-5-4-9(18)7-11(12)17/h2-7,21H,19H2,1H3. The summed E-state index contributed by atoms with van der Waals surface area (Å²) in [7, 11) is 0. The van der Waals surface area contributed by atoms with Crippen LogP contribution in [0.1, 0.15) is 17.3 Å². The van der Waals surface area contributed by atoms with Crippen LogP contribution in [0.15, 0.2) is 36.5 Å². The molecule has 0 saturated heterocycles. The lowest BCUT2D eigenvalue weighted by molar-refractivity contribution is -0.126. The molecular weight excluding hydrogens is 458 g/mol. The largest absolute Gasteiger partial charge is 0.344 e. The number of thiophene rings is 1. The lowest BCUT2D eigenvalue weighted by Crippen LogP contribution is -2.41. The Bertz CT molecular complexity index is 991. The average Bonchev–Trinajstić information content (AvgIpc) is 2.93. The number of hydrazine groups is 1. The Morgan fingerprint density at radius 1 is 1.36 bits per heavy atom. The van der Waals surface area contributed by atoms with E-state index >= 15 is 0 Å². The number of nitrogens with one attached hydrogen (secondary N) is 1. The zero-order chi connectivity index (χ0) is 18.1. The Hall–Kier alpha value is -2.11. The van der Waals surface area contributed by atoms with Gasteiger partial charge in [0.15, 0.2) is 0 Å². The van der Waals surface area contributed by atoms with Crippen molar-refractivity contribution in [1.82, 2.24) is 9.99 Å². The number of aromatic nitrogens is 1. The topological polar surface area (TPSA) is 88.3 Å². The first-order chi connectivity index (χ1) is 11.9. The highest BCUT2D eigenvalue weighted by Crippen LogP contribution is 2.37. The van der Waals surface area contributed by atoms with Crippen LogP contribution in [0.5, 0.6) is 0 Å². The van der Waals surface area contributed by atoms with Crippen LogP contribution in [0.4, 0.5) is 15.1 Å². The second kappa shape index (κ2) is 7.02. The number of benzene rings is 1. The SMILES string of the molecule is CC(=O)N(N)C(=O)c1c(Nc2ccc(I)cc2F)sc2ncccc12. The van der Waals surface area contributed by atoms with E-state index in [-0.39, 0.29) is 11.3 Å². The van der Waals surface area contributed by atoms with Crippen molar-refractivity contribution in [2.75, 3.05) is 5.32 Å². The highest BCUT2D eigenvalue weighted by molar-refractivity contribution is 14.1. The summed E-state index contributed by atoms with van der Waals surface area (Å²) in [6.45, 7) is 1.19.